The summed E-state index contributed by atoms with van der Waals surface area (Å²) in [6.45, 7) is 6.10. The summed E-state index contributed by atoms with van der Waals surface area (Å²) in [5.41, 5.74) is 6.87. The average molecular weight is 293 g/mol. The van der Waals surface area contributed by atoms with Crippen LogP contribution in [0.2, 0.25) is 0 Å². The maximum absolute atomic E-state index is 11.6. The van der Waals surface area contributed by atoms with E-state index in [1.165, 1.54) is 0 Å². The Morgan fingerprint density at radius 2 is 2.10 bits per heavy atom. The highest BCUT2D eigenvalue weighted by Gasteiger charge is 2.42. The highest BCUT2D eigenvalue weighted by atomic mass is 16.5. The number of ether oxygens (including phenoxy) is 1. The van der Waals surface area contributed by atoms with Crippen molar-refractivity contribution in [2.45, 2.75) is 26.4 Å². The van der Waals surface area contributed by atoms with Crippen LogP contribution in [-0.4, -0.2) is 47.3 Å². The first-order chi connectivity index (χ1) is 9.72. The van der Waals surface area contributed by atoms with Crippen LogP contribution in [0.3, 0.4) is 0 Å². The molecule has 114 valence electrons. The summed E-state index contributed by atoms with van der Waals surface area (Å²) in [7, 11) is 0. The van der Waals surface area contributed by atoms with Crippen LogP contribution < -0.4 is 10.6 Å². The number of rotatable bonds is 5. The van der Waals surface area contributed by atoms with E-state index in [1.54, 1.807) is 0 Å². The molecular weight excluding hydrogens is 274 g/mol. The highest BCUT2D eigenvalue weighted by molar-refractivity contribution is 5.99. The van der Waals surface area contributed by atoms with Crippen LogP contribution in [0.25, 0.3) is 0 Å². The second-order valence-corrected chi connectivity index (χ2v) is 5.63. The molecule has 1 aromatic heterocycles. The standard InChI is InChI=1S/C14H19N3O4/c1-8-4-9(2)16-13(11(8)12(15)20)17-6-14(3,7-17)21-5-10(18)19/h4H,5-7H2,1-3H3,(H2,15,20)(H,18,19). The molecule has 0 spiro atoms. The van der Waals surface area contributed by atoms with Crippen LogP contribution in [-0.2, 0) is 9.53 Å². The average Bonchev–Trinajstić information content (AvgIpc) is 2.31. The molecule has 0 aromatic carbocycles. The van der Waals surface area contributed by atoms with E-state index in [0.29, 0.717) is 24.5 Å². The molecule has 7 heteroatoms. The van der Waals surface area contributed by atoms with Crippen molar-refractivity contribution in [3.05, 3.63) is 22.9 Å². The van der Waals surface area contributed by atoms with Gasteiger partial charge in [0, 0.05) is 5.69 Å². The molecule has 1 saturated heterocycles. The lowest BCUT2D eigenvalue weighted by Crippen LogP contribution is -2.62. The zero-order valence-corrected chi connectivity index (χ0v) is 12.3. The van der Waals surface area contributed by atoms with Crippen molar-refractivity contribution >= 4 is 17.7 Å². The Labute approximate surface area is 122 Å². The number of nitrogens with two attached hydrogens (primary N) is 1. The maximum Gasteiger partial charge on any atom is 0.329 e. The molecular formula is C14H19N3O4. The largest absolute Gasteiger partial charge is 0.480 e. The summed E-state index contributed by atoms with van der Waals surface area (Å²) >= 11 is 0. The van der Waals surface area contributed by atoms with Gasteiger partial charge in [0.2, 0.25) is 0 Å². The predicted octanol–water partition coefficient (Wildman–Crippen LogP) is 0.477. The SMILES string of the molecule is Cc1cc(C)c(C(N)=O)c(N2CC(C)(OCC(=O)O)C2)n1. The lowest BCUT2D eigenvalue weighted by atomic mass is 9.95. The number of amides is 1. The molecule has 0 aliphatic carbocycles. The lowest BCUT2D eigenvalue weighted by molar-refractivity contribution is -0.150. The number of carboxylic acid groups (broad SMARTS) is 1. The Morgan fingerprint density at radius 3 is 2.62 bits per heavy atom. The first-order valence-electron chi connectivity index (χ1n) is 6.60. The fourth-order valence-corrected chi connectivity index (χ4v) is 2.59. The van der Waals surface area contributed by atoms with Crippen molar-refractivity contribution in [3.63, 3.8) is 0 Å². The Hall–Kier alpha value is -2.15. The van der Waals surface area contributed by atoms with E-state index in [1.807, 2.05) is 31.7 Å². The zero-order valence-electron chi connectivity index (χ0n) is 12.3. The van der Waals surface area contributed by atoms with Crippen molar-refractivity contribution in [2.75, 3.05) is 24.6 Å². The normalized spacial score (nSPS) is 16.4. The number of anilines is 1. The smallest absolute Gasteiger partial charge is 0.329 e. The van der Waals surface area contributed by atoms with E-state index in [9.17, 15) is 9.59 Å². The molecule has 0 saturated carbocycles. The van der Waals surface area contributed by atoms with E-state index in [2.05, 4.69) is 4.98 Å². The minimum atomic E-state index is -1.00. The van der Waals surface area contributed by atoms with Crippen molar-refractivity contribution in [1.29, 1.82) is 0 Å². The third kappa shape index (κ3) is 3.13. The van der Waals surface area contributed by atoms with E-state index in [0.717, 1.165) is 11.3 Å². The van der Waals surface area contributed by atoms with Crippen molar-refractivity contribution < 1.29 is 19.4 Å². The number of pyridine rings is 1. The number of hydrogen-bond donors (Lipinski definition) is 2. The highest BCUT2D eigenvalue weighted by Crippen LogP contribution is 2.32. The van der Waals surface area contributed by atoms with Crippen molar-refractivity contribution in [1.82, 2.24) is 4.98 Å². The van der Waals surface area contributed by atoms with Gasteiger partial charge in [-0.15, -0.1) is 0 Å². The molecule has 3 N–H and O–H groups in total. The fraction of sp³-hybridized carbons (Fsp3) is 0.500. The lowest BCUT2D eigenvalue weighted by Gasteiger charge is -2.48. The molecule has 0 unspecified atom stereocenters. The van der Waals surface area contributed by atoms with Crippen LogP contribution in [0.15, 0.2) is 6.07 Å². The second-order valence-electron chi connectivity index (χ2n) is 5.63. The molecule has 1 aliphatic rings. The number of nitrogens with zero attached hydrogens (tertiary/aromatic N) is 2. The summed E-state index contributed by atoms with van der Waals surface area (Å²) in [6.07, 6.45) is 0. The van der Waals surface area contributed by atoms with Gasteiger partial charge in [-0.1, -0.05) is 0 Å². The van der Waals surface area contributed by atoms with Crippen molar-refractivity contribution in [2.24, 2.45) is 5.73 Å². The molecule has 21 heavy (non-hydrogen) atoms. The van der Waals surface area contributed by atoms with Gasteiger partial charge in [0.1, 0.15) is 18.0 Å². The summed E-state index contributed by atoms with van der Waals surface area (Å²) in [4.78, 5) is 28.4. The van der Waals surface area contributed by atoms with Crippen LogP contribution >= 0.6 is 0 Å². The Kier molecular flexibility index (Phi) is 3.87. The van der Waals surface area contributed by atoms with Gasteiger partial charge in [-0.05, 0) is 32.4 Å². The van der Waals surface area contributed by atoms with Crippen LogP contribution in [0.1, 0.15) is 28.5 Å². The summed E-state index contributed by atoms with van der Waals surface area (Å²) in [5, 5.41) is 8.66. The third-order valence-electron chi connectivity index (χ3n) is 3.47. The number of hydrogen-bond acceptors (Lipinski definition) is 5. The first-order valence-corrected chi connectivity index (χ1v) is 6.60. The van der Waals surface area contributed by atoms with Crippen LogP contribution in [0.5, 0.6) is 0 Å². The van der Waals surface area contributed by atoms with Crippen LogP contribution in [0.4, 0.5) is 5.82 Å². The number of aliphatic carboxylic acids is 1. The van der Waals surface area contributed by atoms with Crippen LogP contribution in [0, 0.1) is 13.8 Å². The first kappa shape index (κ1) is 15.2. The maximum atomic E-state index is 11.6. The molecule has 2 rings (SSSR count). The number of aryl methyl sites for hydroxylation is 2. The van der Waals surface area contributed by atoms with Gasteiger partial charge in [0.15, 0.2) is 0 Å². The quantitative estimate of drug-likeness (QED) is 0.818. The predicted molar refractivity (Wildman–Crippen MR) is 76.4 cm³/mol. The Balaban J connectivity index is 2.18. The number of primary amides is 1. The van der Waals surface area contributed by atoms with Gasteiger partial charge >= 0.3 is 5.97 Å². The summed E-state index contributed by atoms with van der Waals surface area (Å²) < 4.78 is 5.35. The Bertz CT molecular complexity index is 594. The number of carbonyl (C=O) groups is 2. The minimum Gasteiger partial charge on any atom is -0.480 e. The molecule has 0 bridgehead atoms. The minimum absolute atomic E-state index is 0.340. The fourth-order valence-electron chi connectivity index (χ4n) is 2.59. The van der Waals surface area contributed by atoms with Gasteiger partial charge in [-0.2, -0.15) is 0 Å². The van der Waals surface area contributed by atoms with Gasteiger partial charge in [0.05, 0.1) is 18.7 Å². The number of aromatic nitrogens is 1. The molecule has 1 amide bonds. The van der Waals surface area contributed by atoms with Gasteiger partial charge in [-0.3, -0.25) is 4.79 Å². The number of carbonyl (C=O) groups excluding carboxylic acids is 1. The van der Waals surface area contributed by atoms with Gasteiger partial charge < -0.3 is 20.5 Å². The van der Waals surface area contributed by atoms with E-state index in [-0.39, 0.29) is 6.61 Å². The third-order valence-corrected chi connectivity index (χ3v) is 3.47. The zero-order chi connectivity index (χ0) is 15.8. The molecule has 1 fully saturated rings. The van der Waals surface area contributed by atoms with Crippen molar-refractivity contribution in [3.8, 4) is 0 Å². The topological polar surface area (TPSA) is 106 Å². The van der Waals surface area contributed by atoms with Gasteiger partial charge in [0.25, 0.3) is 5.91 Å². The monoisotopic (exact) mass is 293 g/mol. The second kappa shape index (κ2) is 5.33. The van der Waals surface area contributed by atoms with E-state index in [4.69, 9.17) is 15.6 Å². The molecule has 0 radical (unpaired) electrons. The van der Waals surface area contributed by atoms with E-state index < -0.39 is 17.5 Å². The summed E-state index contributed by atoms with van der Waals surface area (Å²) in [6, 6.07) is 1.81. The molecule has 1 aromatic rings. The molecule has 1 aliphatic heterocycles. The molecule has 7 nitrogen and oxygen atoms in total. The van der Waals surface area contributed by atoms with Gasteiger partial charge in [-0.25, -0.2) is 9.78 Å². The van der Waals surface area contributed by atoms with E-state index >= 15 is 0 Å². The molecule has 0 atom stereocenters. The molecule has 2 heterocycles. The Morgan fingerprint density at radius 1 is 1.48 bits per heavy atom. The summed E-state index contributed by atoms with van der Waals surface area (Å²) in [5.74, 6) is -0.983. The number of carboxylic acids is 1.